The van der Waals surface area contributed by atoms with Crippen molar-refractivity contribution in [2.45, 2.75) is 25.7 Å². The number of fused-ring (bicyclic) bond motifs is 5. The topological polar surface area (TPSA) is 48.0 Å². The van der Waals surface area contributed by atoms with E-state index in [1.54, 1.807) is 21.3 Å². The Labute approximate surface area is 149 Å². The van der Waals surface area contributed by atoms with Crippen molar-refractivity contribution in [3.8, 4) is 17.2 Å². The minimum absolute atomic E-state index is 0.211. The van der Waals surface area contributed by atoms with E-state index < -0.39 is 0 Å². The molecule has 1 aromatic rings. The first-order valence-electron chi connectivity index (χ1n) is 9.21. The number of rotatable bonds is 5. The van der Waals surface area contributed by atoms with Crippen LogP contribution in [-0.2, 0) is 11.2 Å². The van der Waals surface area contributed by atoms with E-state index in [2.05, 4.69) is 4.90 Å². The third-order valence-electron chi connectivity index (χ3n) is 6.57. The lowest BCUT2D eigenvalue weighted by molar-refractivity contribution is -0.129. The normalized spacial score (nSPS) is 29.6. The third-order valence-corrected chi connectivity index (χ3v) is 6.57. The molecule has 0 aromatic heterocycles. The Kier molecular flexibility index (Phi) is 4.26. The monoisotopic (exact) mass is 345 g/mol. The summed E-state index contributed by atoms with van der Waals surface area (Å²) < 4.78 is 16.1. The van der Waals surface area contributed by atoms with Crippen molar-refractivity contribution >= 4 is 5.91 Å². The first-order valence-corrected chi connectivity index (χ1v) is 9.21. The molecule has 136 valence electrons. The molecule has 5 nitrogen and oxygen atoms in total. The van der Waals surface area contributed by atoms with Crippen molar-refractivity contribution in [1.29, 1.82) is 0 Å². The average molecular weight is 345 g/mol. The lowest BCUT2D eigenvalue weighted by atomic mass is 9.82. The van der Waals surface area contributed by atoms with Crippen LogP contribution in [0.15, 0.2) is 12.1 Å². The summed E-state index contributed by atoms with van der Waals surface area (Å²) in [4.78, 5) is 14.9. The quantitative estimate of drug-likeness (QED) is 0.823. The van der Waals surface area contributed by atoms with Crippen molar-refractivity contribution < 1.29 is 19.0 Å². The highest BCUT2D eigenvalue weighted by atomic mass is 16.5. The predicted octanol–water partition coefficient (Wildman–Crippen LogP) is 2.76. The maximum absolute atomic E-state index is 12.8. The summed E-state index contributed by atoms with van der Waals surface area (Å²) in [6.07, 6.45) is 4.54. The summed E-state index contributed by atoms with van der Waals surface area (Å²) in [5.74, 6) is 5.21. The third kappa shape index (κ3) is 2.74. The van der Waals surface area contributed by atoms with E-state index in [0.29, 0.717) is 23.7 Å². The number of methoxy groups -OCH3 is 3. The van der Waals surface area contributed by atoms with Gasteiger partial charge in [0.25, 0.3) is 0 Å². The summed E-state index contributed by atoms with van der Waals surface area (Å²) in [5.41, 5.74) is 0.902. The largest absolute Gasteiger partial charge is 0.493 e. The zero-order valence-electron chi connectivity index (χ0n) is 15.3. The molecular weight excluding hydrogens is 318 g/mol. The summed E-state index contributed by atoms with van der Waals surface area (Å²) in [7, 11) is 4.78. The van der Waals surface area contributed by atoms with Gasteiger partial charge in [0.2, 0.25) is 11.7 Å². The Hall–Kier alpha value is -1.91. The van der Waals surface area contributed by atoms with Gasteiger partial charge in [0.1, 0.15) is 0 Å². The highest BCUT2D eigenvalue weighted by molar-refractivity contribution is 5.79. The molecule has 0 spiro atoms. The van der Waals surface area contributed by atoms with Gasteiger partial charge in [-0.05, 0) is 60.6 Å². The van der Waals surface area contributed by atoms with Crippen LogP contribution in [0, 0.1) is 23.7 Å². The number of carbonyl (C=O) groups excluding carboxylic acids is 1. The lowest BCUT2D eigenvalue weighted by Gasteiger charge is -2.22. The van der Waals surface area contributed by atoms with Crippen LogP contribution < -0.4 is 14.2 Å². The SMILES string of the molecule is COc1cc(CC(=O)N2C[C@@H]3[C@@H]4CC[C@@H](C4)[C@@H]3C2)cc(OC)c1OC. The number of hydrogen-bond donors (Lipinski definition) is 0. The van der Waals surface area contributed by atoms with E-state index in [1.807, 2.05) is 12.1 Å². The van der Waals surface area contributed by atoms with E-state index in [4.69, 9.17) is 14.2 Å². The van der Waals surface area contributed by atoms with Gasteiger partial charge in [-0.15, -0.1) is 0 Å². The minimum atomic E-state index is 0.211. The maximum atomic E-state index is 12.8. The summed E-state index contributed by atoms with van der Waals surface area (Å²) in [6, 6.07) is 3.75. The number of ether oxygens (including phenoxy) is 3. The lowest BCUT2D eigenvalue weighted by Crippen LogP contribution is -2.31. The molecule has 0 unspecified atom stereocenters. The fourth-order valence-electron chi connectivity index (χ4n) is 5.41. The van der Waals surface area contributed by atoms with Gasteiger partial charge < -0.3 is 19.1 Å². The van der Waals surface area contributed by atoms with Gasteiger partial charge in [-0.2, -0.15) is 0 Å². The second kappa shape index (κ2) is 6.43. The zero-order chi connectivity index (χ0) is 17.6. The fraction of sp³-hybridized carbons (Fsp3) is 0.650. The van der Waals surface area contributed by atoms with Crippen LogP contribution >= 0.6 is 0 Å². The molecule has 1 amide bonds. The molecular formula is C20H27NO4. The predicted molar refractivity (Wildman–Crippen MR) is 94.2 cm³/mol. The standard InChI is InChI=1S/C20H27NO4/c1-23-17-6-12(7-18(24-2)20(17)25-3)8-19(22)21-10-15-13-4-5-14(9-13)16(15)11-21/h6-7,13-16H,4-5,8-11H2,1-3H3/t13-,14+,15-,16+. The van der Waals surface area contributed by atoms with Crippen LogP contribution in [0.3, 0.4) is 0 Å². The van der Waals surface area contributed by atoms with Gasteiger partial charge in [-0.1, -0.05) is 0 Å². The molecule has 1 heterocycles. The molecule has 5 heteroatoms. The van der Waals surface area contributed by atoms with Crippen LogP contribution in [-0.4, -0.2) is 45.2 Å². The van der Waals surface area contributed by atoms with Gasteiger partial charge >= 0.3 is 0 Å². The first-order chi connectivity index (χ1) is 12.1. The maximum Gasteiger partial charge on any atom is 0.227 e. The van der Waals surface area contributed by atoms with Crippen molar-refractivity contribution in [3.05, 3.63) is 17.7 Å². The van der Waals surface area contributed by atoms with E-state index in [0.717, 1.165) is 42.3 Å². The highest BCUT2D eigenvalue weighted by Crippen LogP contribution is 2.55. The summed E-state index contributed by atoms with van der Waals surface area (Å²) in [5, 5.41) is 0. The van der Waals surface area contributed by atoms with Gasteiger partial charge in [-0.25, -0.2) is 0 Å². The number of nitrogens with zero attached hydrogens (tertiary/aromatic N) is 1. The fourth-order valence-corrected chi connectivity index (χ4v) is 5.41. The smallest absolute Gasteiger partial charge is 0.227 e. The molecule has 0 radical (unpaired) electrons. The van der Waals surface area contributed by atoms with Crippen LogP contribution in [0.2, 0.25) is 0 Å². The molecule has 1 aliphatic heterocycles. The molecule has 2 saturated carbocycles. The summed E-state index contributed by atoms with van der Waals surface area (Å²) >= 11 is 0. The van der Waals surface area contributed by atoms with E-state index in [-0.39, 0.29) is 5.91 Å². The minimum Gasteiger partial charge on any atom is -0.493 e. The molecule has 3 fully saturated rings. The molecule has 1 saturated heterocycles. The van der Waals surface area contributed by atoms with Crippen molar-refractivity contribution in [2.75, 3.05) is 34.4 Å². The second-order valence-electron chi connectivity index (χ2n) is 7.67. The first kappa shape index (κ1) is 16.6. The van der Waals surface area contributed by atoms with E-state index in [1.165, 1.54) is 19.3 Å². The van der Waals surface area contributed by atoms with Crippen LogP contribution in [0.1, 0.15) is 24.8 Å². The number of carbonyl (C=O) groups is 1. The van der Waals surface area contributed by atoms with Crippen molar-refractivity contribution in [1.82, 2.24) is 4.90 Å². The van der Waals surface area contributed by atoms with Crippen LogP contribution in [0.4, 0.5) is 0 Å². The van der Waals surface area contributed by atoms with Crippen molar-refractivity contribution in [3.63, 3.8) is 0 Å². The average Bonchev–Trinajstić information content (AvgIpc) is 3.33. The molecule has 4 rings (SSSR count). The van der Waals surface area contributed by atoms with Crippen molar-refractivity contribution in [2.24, 2.45) is 23.7 Å². The Morgan fingerprint density at radius 1 is 1.00 bits per heavy atom. The number of benzene rings is 1. The van der Waals surface area contributed by atoms with Gasteiger partial charge in [-0.3, -0.25) is 4.79 Å². The van der Waals surface area contributed by atoms with Crippen LogP contribution in [0.5, 0.6) is 17.2 Å². The Balaban J connectivity index is 1.48. The zero-order valence-corrected chi connectivity index (χ0v) is 15.3. The molecule has 2 aliphatic carbocycles. The van der Waals surface area contributed by atoms with Gasteiger partial charge in [0.15, 0.2) is 11.5 Å². The molecule has 3 aliphatic rings. The number of amides is 1. The van der Waals surface area contributed by atoms with E-state index >= 15 is 0 Å². The molecule has 2 bridgehead atoms. The summed E-state index contributed by atoms with van der Waals surface area (Å²) in [6.45, 7) is 1.91. The van der Waals surface area contributed by atoms with E-state index in [9.17, 15) is 4.79 Å². The second-order valence-corrected chi connectivity index (χ2v) is 7.67. The van der Waals surface area contributed by atoms with Gasteiger partial charge in [0, 0.05) is 13.1 Å². The Morgan fingerprint density at radius 2 is 1.56 bits per heavy atom. The number of likely N-dealkylation sites (tertiary alicyclic amines) is 1. The Morgan fingerprint density at radius 3 is 2.04 bits per heavy atom. The van der Waals surface area contributed by atoms with Gasteiger partial charge in [0.05, 0.1) is 27.8 Å². The molecule has 1 aromatic carbocycles. The number of hydrogen-bond acceptors (Lipinski definition) is 4. The Bertz CT molecular complexity index is 631. The highest BCUT2D eigenvalue weighted by Gasteiger charge is 2.52. The molecule has 4 atom stereocenters. The van der Waals surface area contributed by atoms with Crippen LogP contribution in [0.25, 0.3) is 0 Å². The molecule has 25 heavy (non-hydrogen) atoms. The molecule has 0 N–H and O–H groups in total.